The molecule has 7 nitrogen and oxygen atoms in total. The first-order valence-electron chi connectivity index (χ1n) is 9.64. The lowest BCUT2D eigenvalue weighted by molar-refractivity contribution is -0.125. The van der Waals surface area contributed by atoms with Crippen LogP contribution in [-0.2, 0) is 9.59 Å². The monoisotopic (exact) mass is 452 g/mol. The maximum absolute atomic E-state index is 12.3. The van der Waals surface area contributed by atoms with Crippen molar-refractivity contribution in [1.82, 2.24) is 15.5 Å². The minimum Gasteiger partial charge on any atom is -0.335 e. The van der Waals surface area contributed by atoms with Gasteiger partial charge in [-0.2, -0.15) is 0 Å². The van der Waals surface area contributed by atoms with Gasteiger partial charge in [0.15, 0.2) is 0 Å². The Bertz CT molecular complexity index is 719. The largest absolute Gasteiger partial charge is 0.335 e. The van der Waals surface area contributed by atoms with Crippen LogP contribution in [0.4, 0.5) is 10.5 Å². The van der Waals surface area contributed by atoms with E-state index in [1.807, 2.05) is 25.1 Å². The maximum Gasteiger partial charge on any atom is 0.321 e. The van der Waals surface area contributed by atoms with Gasteiger partial charge in [0.2, 0.25) is 11.8 Å². The number of carbonyl (C=O) groups excluding carboxylic acids is 3. The highest BCUT2D eigenvalue weighted by atomic mass is 79.9. The van der Waals surface area contributed by atoms with Crippen molar-refractivity contribution in [3.8, 4) is 0 Å². The summed E-state index contributed by atoms with van der Waals surface area (Å²) < 4.78 is 0.942. The van der Waals surface area contributed by atoms with E-state index in [2.05, 4.69) is 31.9 Å². The summed E-state index contributed by atoms with van der Waals surface area (Å²) in [6.45, 7) is 3.61. The fourth-order valence-electron chi connectivity index (χ4n) is 3.21. The van der Waals surface area contributed by atoms with Crippen LogP contribution >= 0.6 is 15.9 Å². The summed E-state index contributed by atoms with van der Waals surface area (Å²) in [7, 11) is 1.68. The normalized spacial score (nSPS) is 15.8. The molecule has 0 aliphatic heterocycles. The zero-order chi connectivity index (χ0) is 20.7. The van der Waals surface area contributed by atoms with Crippen molar-refractivity contribution in [2.45, 2.75) is 58.0 Å². The number of nitrogens with one attached hydrogen (secondary N) is 3. The first-order chi connectivity index (χ1) is 13.3. The lowest BCUT2D eigenvalue weighted by atomic mass is 9.96. The summed E-state index contributed by atoms with van der Waals surface area (Å²) in [5.41, 5.74) is 1.67. The van der Waals surface area contributed by atoms with Crippen LogP contribution in [0.2, 0.25) is 0 Å². The summed E-state index contributed by atoms with van der Waals surface area (Å²) in [5, 5.41) is 8.08. The second-order valence-electron chi connectivity index (χ2n) is 7.40. The van der Waals surface area contributed by atoms with Crippen LogP contribution in [0.1, 0.15) is 44.6 Å². The van der Waals surface area contributed by atoms with Crippen molar-refractivity contribution in [2.75, 3.05) is 18.9 Å². The van der Waals surface area contributed by atoms with E-state index in [-0.39, 0.29) is 18.5 Å². The van der Waals surface area contributed by atoms with E-state index in [0.29, 0.717) is 0 Å². The molecule has 28 heavy (non-hydrogen) atoms. The van der Waals surface area contributed by atoms with E-state index in [0.717, 1.165) is 41.4 Å². The first kappa shape index (κ1) is 22.4. The molecule has 1 aliphatic carbocycles. The molecular formula is C20H29BrN4O3. The highest BCUT2D eigenvalue weighted by molar-refractivity contribution is 9.10. The van der Waals surface area contributed by atoms with Crippen LogP contribution < -0.4 is 16.0 Å². The Balaban J connectivity index is 1.79. The molecule has 1 saturated carbocycles. The third-order valence-electron chi connectivity index (χ3n) is 5.07. The number of imide groups is 1. The summed E-state index contributed by atoms with van der Waals surface area (Å²) >= 11 is 3.39. The van der Waals surface area contributed by atoms with Gasteiger partial charge >= 0.3 is 6.03 Å². The number of carbonyl (C=O) groups is 3. The fourth-order valence-corrected chi connectivity index (χ4v) is 3.68. The Morgan fingerprint density at radius 1 is 1.21 bits per heavy atom. The molecule has 0 radical (unpaired) electrons. The predicted molar refractivity (Wildman–Crippen MR) is 113 cm³/mol. The van der Waals surface area contributed by atoms with Crippen molar-refractivity contribution in [3.63, 3.8) is 0 Å². The molecule has 1 aromatic carbocycles. The number of urea groups is 1. The molecular weight excluding hydrogens is 424 g/mol. The van der Waals surface area contributed by atoms with E-state index < -0.39 is 18.0 Å². The van der Waals surface area contributed by atoms with Crippen molar-refractivity contribution >= 4 is 39.5 Å². The van der Waals surface area contributed by atoms with E-state index in [9.17, 15) is 14.4 Å². The number of aryl methyl sites for hydroxylation is 1. The highest BCUT2D eigenvalue weighted by Gasteiger charge is 2.23. The number of amides is 4. The lowest BCUT2D eigenvalue weighted by Gasteiger charge is -2.25. The van der Waals surface area contributed by atoms with Crippen LogP contribution in [0, 0.1) is 6.92 Å². The zero-order valence-corrected chi connectivity index (χ0v) is 18.3. The smallest absolute Gasteiger partial charge is 0.321 e. The number of rotatable bonds is 6. The third-order valence-corrected chi connectivity index (χ3v) is 5.57. The number of hydrogen-bond donors (Lipinski definition) is 3. The standard InChI is InChI=1S/C20H29BrN4O3/c1-13-11-15(21)9-10-17(13)23-18(26)12-25(3)14(2)19(27)24-20(28)22-16-7-5-4-6-8-16/h9-11,14,16H,4-8,12H2,1-3H3,(H,23,26)(H2,22,24,27,28)/t14-/m1/s1. The van der Waals surface area contributed by atoms with E-state index in [1.54, 1.807) is 18.9 Å². The minimum atomic E-state index is -0.617. The van der Waals surface area contributed by atoms with E-state index in [4.69, 9.17) is 0 Å². The highest BCUT2D eigenvalue weighted by Crippen LogP contribution is 2.20. The molecule has 0 unspecified atom stereocenters. The Hall–Kier alpha value is -1.93. The van der Waals surface area contributed by atoms with Crippen molar-refractivity contribution in [3.05, 3.63) is 28.2 Å². The van der Waals surface area contributed by atoms with Crippen LogP contribution in [0.15, 0.2) is 22.7 Å². The molecule has 0 bridgehead atoms. The molecule has 0 saturated heterocycles. The average Bonchev–Trinajstić information content (AvgIpc) is 2.64. The Kier molecular flexibility index (Phi) is 8.44. The number of likely N-dealkylation sites (N-methyl/N-ethyl adjacent to an activating group) is 1. The van der Waals surface area contributed by atoms with Gasteiger partial charge in [0.25, 0.3) is 0 Å². The van der Waals surface area contributed by atoms with Gasteiger partial charge in [-0.15, -0.1) is 0 Å². The fraction of sp³-hybridized carbons (Fsp3) is 0.550. The summed E-state index contributed by atoms with van der Waals surface area (Å²) in [6, 6.07) is 4.65. The molecule has 1 aliphatic rings. The number of nitrogens with zero attached hydrogens (tertiary/aromatic N) is 1. The second-order valence-corrected chi connectivity index (χ2v) is 8.31. The quantitative estimate of drug-likeness (QED) is 0.617. The first-order valence-corrected chi connectivity index (χ1v) is 10.4. The minimum absolute atomic E-state index is 0.0360. The number of hydrogen-bond acceptors (Lipinski definition) is 4. The maximum atomic E-state index is 12.3. The predicted octanol–water partition coefficient (Wildman–Crippen LogP) is 3.17. The molecule has 1 atom stereocenters. The molecule has 1 fully saturated rings. The lowest BCUT2D eigenvalue weighted by Crippen LogP contribution is -2.51. The third kappa shape index (κ3) is 6.91. The zero-order valence-electron chi connectivity index (χ0n) is 16.7. The van der Waals surface area contributed by atoms with Crippen molar-refractivity contribution in [1.29, 1.82) is 0 Å². The van der Waals surface area contributed by atoms with Crippen LogP contribution in [0.5, 0.6) is 0 Å². The number of halogens is 1. The molecule has 4 amide bonds. The SMILES string of the molecule is Cc1cc(Br)ccc1NC(=O)CN(C)[C@H](C)C(=O)NC(=O)NC1CCCCC1. The van der Waals surface area contributed by atoms with Gasteiger partial charge in [0.1, 0.15) is 0 Å². The molecule has 0 spiro atoms. The molecule has 2 rings (SSSR count). The summed E-state index contributed by atoms with van der Waals surface area (Å²) in [6.07, 6.45) is 5.30. The number of anilines is 1. The van der Waals surface area contributed by atoms with Gasteiger partial charge in [-0.3, -0.25) is 19.8 Å². The van der Waals surface area contributed by atoms with Gasteiger partial charge in [-0.25, -0.2) is 4.79 Å². The molecule has 3 N–H and O–H groups in total. The Morgan fingerprint density at radius 2 is 1.89 bits per heavy atom. The van der Waals surface area contributed by atoms with E-state index >= 15 is 0 Å². The van der Waals surface area contributed by atoms with Gasteiger partial charge < -0.3 is 10.6 Å². The van der Waals surface area contributed by atoms with Gasteiger partial charge in [0.05, 0.1) is 12.6 Å². The molecule has 1 aromatic rings. The molecule has 0 aromatic heterocycles. The van der Waals surface area contributed by atoms with Crippen LogP contribution in [0.3, 0.4) is 0 Å². The van der Waals surface area contributed by atoms with Gasteiger partial charge in [-0.1, -0.05) is 35.2 Å². The molecule has 154 valence electrons. The summed E-state index contributed by atoms with van der Waals surface area (Å²) in [4.78, 5) is 38.3. The van der Waals surface area contributed by atoms with Crippen molar-refractivity contribution in [2.24, 2.45) is 0 Å². The Labute approximate surface area is 174 Å². The summed E-state index contributed by atoms with van der Waals surface area (Å²) in [5.74, 6) is -0.650. The Morgan fingerprint density at radius 3 is 2.54 bits per heavy atom. The second kappa shape index (κ2) is 10.6. The van der Waals surface area contributed by atoms with Crippen LogP contribution in [-0.4, -0.2) is 48.4 Å². The van der Waals surface area contributed by atoms with Crippen LogP contribution in [0.25, 0.3) is 0 Å². The molecule has 0 heterocycles. The number of benzene rings is 1. The van der Waals surface area contributed by atoms with Crippen molar-refractivity contribution < 1.29 is 14.4 Å². The van der Waals surface area contributed by atoms with Gasteiger partial charge in [-0.05, 0) is 57.5 Å². The molecule has 8 heteroatoms. The van der Waals surface area contributed by atoms with E-state index in [1.165, 1.54) is 6.42 Å². The van der Waals surface area contributed by atoms with Gasteiger partial charge in [0, 0.05) is 16.2 Å². The topological polar surface area (TPSA) is 90.5 Å². The average molecular weight is 453 g/mol.